The monoisotopic (exact) mass is 300 g/mol. The fraction of sp³-hybridized carbons (Fsp3) is 0.556. The summed E-state index contributed by atoms with van der Waals surface area (Å²) in [6.45, 7) is 2.48. The van der Waals surface area contributed by atoms with Gasteiger partial charge in [-0.2, -0.15) is 4.99 Å². The highest BCUT2D eigenvalue weighted by molar-refractivity contribution is 5.99. The van der Waals surface area contributed by atoms with Crippen LogP contribution < -0.4 is 0 Å². The largest absolute Gasteiger partial charge is 0.381 e. The van der Waals surface area contributed by atoms with E-state index in [1.54, 1.807) is 0 Å². The van der Waals surface area contributed by atoms with Crippen LogP contribution in [-0.4, -0.2) is 40.4 Å². The molecule has 1 atom stereocenters. The Morgan fingerprint density at radius 1 is 1.23 bits per heavy atom. The molecule has 0 aromatic heterocycles. The lowest BCUT2D eigenvalue weighted by atomic mass is 9.92. The maximum atomic E-state index is 11.8. The Morgan fingerprint density at radius 2 is 1.95 bits per heavy atom. The predicted octanol–water partition coefficient (Wildman–Crippen LogP) is 2.47. The number of hydrogen-bond acceptors (Lipinski definition) is 3. The van der Waals surface area contributed by atoms with Crippen LogP contribution in [0.5, 0.6) is 0 Å². The van der Waals surface area contributed by atoms with E-state index in [0.29, 0.717) is 19.0 Å². The number of benzene rings is 1. The molecule has 0 saturated heterocycles. The maximum Gasteiger partial charge on any atom is 0.278 e. The molecular weight excluding hydrogens is 276 g/mol. The van der Waals surface area contributed by atoms with Crippen LogP contribution in [0.1, 0.15) is 43.2 Å². The van der Waals surface area contributed by atoms with Crippen molar-refractivity contribution in [1.82, 2.24) is 4.90 Å². The molecule has 4 nitrogen and oxygen atoms in total. The van der Waals surface area contributed by atoms with E-state index in [-0.39, 0.29) is 0 Å². The van der Waals surface area contributed by atoms with E-state index < -0.39 is 12.0 Å². The van der Waals surface area contributed by atoms with Gasteiger partial charge in [0.15, 0.2) is 6.10 Å². The summed E-state index contributed by atoms with van der Waals surface area (Å²) in [7, 11) is 0. The van der Waals surface area contributed by atoms with Gasteiger partial charge in [0.2, 0.25) is 0 Å². The summed E-state index contributed by atoms with van der Waals surface area (Å²) in [6, 6.07) is 8.63. The average Bonchev–Trinajstić information content (AvgIpc) is 2.54. The molecule has 1 fully saturated rings. The summed E-state index contributed by atoms with van der Waals surface area (Å²) in [5, 5.41) is 9.92. The van der Waals surface area contributed by atoms with Gasteiger partial charge in [0.25, 0.3) is 5.91 Å². The van der Waals surface area contributed by atoms with Gasteiger partial charge >= 0.3 is 0 Å². The van der Waals surface area contributed by atoms with Crippen molar-refractivity contribution in [3.05, 3.63) is 35.4 Å². The van der Waals surface area contributed by atoms with Gasteiger partial charge in [0.1, 0.15) is 5.84 Å². The minimum Gasteiger partial charge on any atom is -0.381 e. The van der Waals surface area contributed by atoms with Gasteiger partial charge in [-0.05, 0) is 30.9 Å². The molecule has 1 aromatic rings. The van der Waals surface area contributed by atoms with Crippen LogP contribution in [-0.2, 0) is 11.2 Å². The van der Waals surface area contributed by atoms with Gasteiger partial charge in [0, 0.05) is 12.5 Å². The SMILES string of the molecule is Cc1ccccc1CC1=NC(=O)C(O)CN1C1CCCCC1. The fourth-order valence-corrected chi connectivity index (χ4v) is 3.51. The highest BCUT2D eigenvalue weighted by Gasteiger charge is 2.32. The number of amidine groups is 1. The summed E-state index contributed by atoms with van der Waals surface area (Å²) < 4.78 is 0. The molecule has 1 N–H and O–H groups in total. The van der Waals surface area contributed by atoms with Gasteiger partial charge in [-0.1, -0.05) is 43.5 Å². The average molecular weight is 300 g/mol. The molecular formula is C18H24N2O2. The fourth-order valence-electron chi connectivity index (χ4n) is 3.51. The van der Waals surface area contributed by atoms with E-state index in [1.807, 2.05) is 12.1 Å². The molecule has 3 rings (SSSR count). The second-order valence-electron chi connectivity index (χ2n) is 6.43. The maximum absolute atomic E-state index is 11.8. The molecule has 0 radical (unpaired) electrons. The molecule has 2 aliphatic rings. The molecule has 1 unspecified atom stereocenters. The second-order valence-corrected chi connectivity index (χ2v) is 6.43. The zero-order valence-electron chi connectivity index (χ0n) is 13.2. The summed E-state index contributed by atoms with van der Waals surface area (Å²) in [6.07, 6.45) is 5.70. The van der Waals surface area contributed by atoms with Crippen molar-refractivity contribution in [1.29, 1.82) is 0 Å². The number of aryl methyl sites for hydroxylation is 1. The first-order valence-electron chi connectivity index (χ1n) is 8.26. The topological polar surface area (TPSA) is 52.9 Å². The van der Waals surface area contributed by atoms with Crippen LogP contribution in [0.2, 0.25) is 0 Å². The third-order valence-corrected chi connectivity index (χ3v) is 4.85. The minimum atomic E-state index is -0.970. The number of carbonyl (C=O) groups is 1. The standard InChI is InChI=1S/C18H24N2O2/c1-13-7-5-6-8-14(13)11-17-19-18(22)16(21)12-20(17)15-9-3-2-4-10-15/h5-8,15-16,21H,2-4,9-12H2,1H3. The van der Waals surface area contributed by atoms with Crippen LogP contribution in [0.15, 0.2) is 29.3 Å². The molecule has 4 heteroatoms. The summed E-state index contributed by atoms with van der Waals surface area (Å²) >= 11 is 0. The summed E-state index contributed by atoms with van der Waals surface area (Å²) in [5.41, 5.74) is 2.42. The first kappa shape index (κ1) is 15.2. The van der Waals surface area contributed by atoms with Crippen molar-refractivity contribution in [3.8, 4) is 0 Å². The molecule has 0 spiro atoms. The number of hydrogen-bond donors (Lipinski definition) is 1. The lowest BCUT2D eigenvalue weighted by Crippen LogP contribution is -2.51. The quantitative estimate of drug-likeness (QED) is 0.933. The van der Waals surface area contributed by atoms with Gasteiger partial charge in [0.05, 0.1) is 6.54 Å². The lowest BCUT2D eigenvalue weighted by Gasteiger charge is -2.39. The first-order chi connectivity index (χ1) is 10.6. The Morgan fingerprint density at radius 3 is 2.68 bits per heavy atom. The van der Waals surface area contributed by atoms with Crippen LogP contribution in [0, 0.1) is 6.92 Å². The van der Waals surface area contributed by atoms with Crippen LogP contribution in [0.3, 0.4) is 0 Å². The molecule has 1 heterocycles. The van der Waals surface area contributed by atoms with Gasteiger partial charge in [-0.3, -0.25) is 4.79 Å². The summed E-state index contributed by atoms with van der Waals surface area (Å²) in [5.74, 6) is 0.437. The van der Waals surface area contributed by atoms with Crippen molar-refractivity contribution in [2.75, 3.05) is 6.54 Å². The van der Waals surface area contributed by atoms with Crippen molar-refractivity contribution >= 4 is 11.7 Å². The minimum absolute atomic E-state index is 0.393. The van der Waals surface area contributed by atoms with Crippen molar-refractivity contribution in [2.24, 2.45) is 4.99 Å². The smallest absolute Gasteiger partial charge is 0.278 e. The number of amides is 1. The van der Waals surface area contributed by atoms with Crippen LogP contribution in [0.25, 0.3) is 0 Å². The normalized spacial score (nSPS) is 23.5. The molecule has 0 bridgehead atoms. The highest BCUT2D eigenvalue weighted by atomic mass is 16.3. The molecule has 1 aromatic carbocycles. The summed E-state index contributed by atoms with van der Waals surface area (Å²) in [4.78, 5) is 18.2. The number of aliphatic hydroxyl groups excluding tert-OH is 1. The molecule has 1 aliphatic carbocycles. The lowest BCUT2D eigenvalue weighted by molar-refractivity contribution is -0.127. The first-order valence-corrected chi connectivity index (χ1v) is 8.26. The second kappa shape index (κ2) is 6.61. The van der Waals surface area contributed by atoms with Crippen molar-refractivity contribution < 1.29 is 9.90 Å². The molecule has 1 aliphatic heterocycles. The molecule has 118 valence electrons. The number of rotatable bonds is 3. The van der Waals surface area contributed by atoms with E-state index >= 15 is 0 Å². The zero-order valence-corrected chi connectivity index (χ0v) is 13.2. The van der Waals surface area contributed by atoms with Crippen molar-refractivity contribution in [2.45, 2.75) is 57.6 Å². The van der Waals surface area contributed by atoms with Crippen LogP contribution >= 0.6 is 0 Å². The molecule has 1 amide bonds. The van der Waals surface area contributed by atoms with Crippen LogP contribution in [0.4, 0.5) is 0 Å². The Balaban J connectivity index is 1.85. The Bertz CT molecular complexity index is 576. The molecule has 1 saturated carbocycles. The zero-order chi connectivity index (χ0) is 15.5. The van der Waals surface area contributed by atoms with E-state index in [1.165, 1.54) is 30.4 Å². The highest BCUT2D eigenvalue weighted by Crippen LogP contribution is 2.26. The number of carbonyl (C=O) groups excluding carboxylic acids is 1. The third-order valence-electron chi connectivity index (χ3n) is 4.85. The van der Waals surface area contributed by atoms with E-state index in [0.717, 1.165) is 18.7 Å². The Hall–Kier alpha value is -1.68. The van der Waals surface area contributed by atoms with Gasteiger partial charge in [-0.25, -0.2) is 0 Å². The van der Waals surface area contributed by atoms with E-state index in [4.69, 9.17) is 0 Å². The van der Waals surface area contributed by atoms with Crippen molar-refractivity contribution in [3.63, 3.8) is 0 Å². The number of aliphatic hydroxyl groups is 1. The van der Waals surface area contributed by atoms with E-state index in [2.05, 4.69) is 28.9 Å². The van der Waals surface area contributed by atoms with E-state index in [9.17, 15) is 9.90 Å². The van der Waals surface area contributed by atoms with Gasteiger partial charge < -0.3 is 10.0 Å². The number of β-amino-alcohol motifs (C(OH)–C–C–N with tert-alkyl or cyclic N) is 1. The Labute approximate surface area is 131 Å². The number of aliphatic imine (C=N–C) groups is 1. The van der Waals surface area contributed by atoms with Gasteiger partial charge in [-0.15, -0.1) is 0 Å². The molecule has 22 heavy (non-hydrogen) atoms. The third kappa shape index (κ3) is 3.22. The predicted molar refractivity (Wildman–Crippen MR) is 86.9 cm³/mol. The number of nitrogens with zero attached hydrogens (tertiary/aromatic N) is 2. The Kier molecular flexibility index (Phi) is 4.57.